The lowest BCUT2D eigenvalue weighted by molar-refractivity contribution is 0.0644. The highest BCUT2D eigenvalue weighted by atomic mass is 32.2. The zero-order chi connectivity index (χ0) is 11.3. The number of ether oxygens (including phenoxy) is 1. The molecule has 15 heavy (non-hydrogen) atoms. The fourth-order valence-electron chi connectivity index (χ4n) is 1.61. The van der Waals surface area contributed by atoms with Crippen LogP contribution >= 0.6 is 0 Å². The minimum Gasteiger partial charge on any atom is -0.598 e. The topological polar surface area (TPSA) is 44.3 Å². The molecular formula is C11H23NO2S. The van der Waals surface area contributed by atoms with Crippen molar-refractivity contribution >= 4 is 11.4 Å². The zero-order valence-electron chi connectivity index (χ0n) is 10.0. The lowest BCUT2D eigenvalue weighted by atomic mass is 9.97. The molecule has 0 aromatic heterocycles. The average Bonchev–Trinajstić information content (AvgIpc) is 2.18. The lowest BCUT2D eigenvalue weighted by Crippen LogP contribution is -2.40. The van der Waals surface area contributed by atoms with Crippen molar-refractivity contribution in [3.63, 3.8) is 0 Å². The van der Waals surface area contributed by atoms with E-state index >= 15 is 0 Å². The highest BCUT2D eigenvalue weighted by molar-refractivity contribution is 7.90. The van der Waals surface area contributed by atoms with Crippen LogP contribution in [0.1, 0.15) is 40.0 Å². The van der Waals surface area contributed by atoms with E-state index in [1.165, 1.54) is 0 Å². The molecular weight excluding hydrogens is 210 g/mol. The summed E-state index contributed by atoms with van der Waals surface area (Å²) in [5, 5.41) is 0. The van der Waals surface area contributed by atoms with Crippen molar-refractivity contribution in [2.75, 3.05) is 19.8 Å². The Hall–Kier alpha value is 0.230. The Balaban J connectivity index is 2.10. The summed E-state index contributed by atoms with van der Waals surface area (Å²) >= 11 is -0.923. The predicted octanol–water partition coefficient (Wildman–Crippen LogP) is 1.85. The van der Waals surface area contributed by atoms with Crippen molar-refractivity contribution in [2.45, 2.75) is 44.8 Å². The highest BCUT2D eigenvalue weighted by Gasteiger charge is 2.26. The molecule has 1 aliphatic rings. The molecule has 1 unspecified atom stereocenters. The molecule has 0 aromatic rings. The van der Waals surface area contributed by atoms with E-state index in [9.17, 15) is 4.55 Å². The van der Waals surface area contributed by atoms with Crippen LogP contribution in [0.15, 0.2) is 0 Å². The van der Waals surface area contributed by atoms with Crippen LogP contribution in [0.5, 0.6) is 0 Å². The van der Waals surface area contributed by atoms with Crippen LogP contribution in [0.2, 0.25) is 0 Å². The maximum atomic E-state index is 11.7. The first-order valence-electron chi connectivity index (χ1n) is 5.73. The third-order valence-electron chi connectivity index (χ3n) is 2.68. The first-order chi connectivity index (χ1) is 7.00. The van der Waals surface area contributed by atoms with Crippen molar-refractivity contribution in [1.82, 2.24) is 4.72 Å². The summed E-state index contributed by atoms with van der Waals surface area (Å²) in [5.41, 5.74) is 0. The Morgan fingerprint density at radius 2 is 1.93 bits per heavy atom. The maximum Gasteiger partial charge on any atom is 0.136 e. The van der Waals surface area contributed by atoms with Crippen molar-refractivity contribution in [1.29, 1.82) is 0 Å². The third-order valence-corrected chi connectivity index (χ3v) is 4.26. The van der Waals surface area contributed by atoms with Gasteiger partial charge in [0, 0.05) is 31.1 Å². The van der Waals surface area contributed by atoms with Gasteiger partial charge in [0.25, 0.3) is 0 Å². The fraction of sp³-hybridized carbons (Fsp3) is 1.00. The molecule has 3 nitrogen and oxygen atoms in total. The molecule has 0 aromatic carbocycles. The van der Waals surface area contributed by atoms with Gasteiger partial charge in [-0.15, -0.1) is 4.72 Å². The summed E-state index contributed by atoms with van der Waals surface area (Å²) in [4.78, 5) is 0. The van der Waals surface area contributed by atoms with Crippen LogP contribution in [0.25, 0.3) is 0 Å². The Morgan fingerprint density at radius 3 is 2.47 bits per heavy atom. The van der Waals surface area contributed by atoms with E-state index in [0.29, 0.717) is 0 Å². The van der Waals surface area contributed by atoms with Gasteiger partial charge in [-0.05, 0) is 46.0 Å². The minimum absolute atomic E-state index is 0.157. The van der Waals surface area contributed by atoms with Crippen molar-refractivity contribution in [3.8, 4) is 0 Å². The average molecular weight is 233 g/mol. The van der Waals surface area contributed by atoms with Crippen LogP contribution in [0.4, 0.5) is 0 Å². The quantitative estimate of drug-likeness (QED) is 0.754. The van der Waals surface area contributed by atoms with Crippen molar-refractivity contribution in [3.05, 3.63) is 0 Å². The number of nitrogens with one attached hydrogen (secondary N) is 1. The van der Waals surface area contributed by atoms with Crippen LogP contribution in [-0.4, -0.2) is 29.1 Å². The number of rotatable bonds is 4. The Morgan fingerprint density at radius 1 is 1.33 bits per heavy atom. The molecule has 0 bridgehead atoms. The molecule has 1 aliphatic heterocycles. The molecule has 90 valence electrons. The fourth-order valence-corrected chi connectivity index (χ4v) is 2.34. The summed E-state index contributed by atoms with van der Waals surface area (Å²) in [6.07, 6.45) is 3.43. The van der Waals surface area contributed by atoms with Crippen molar-refractivity contribution < 1.29 is 9.29 Å². The van der Waals surface area contributed by atoms with Gasteiger partial charge in [0.2, 0.25) is 0 Å². The highest BCUT2D eigenvalue weighted by Crippen LogP contribution is 2.18. The van der Waals surface area contributed by atoms with Crippen molar-refractivity contribution in [2.24, 2.45) is 5.92 Å². The Kier molecular flexibility index (Phi) is 5.39. The van der Waals surface area contributed by atoms with E-state index in [-0.39, 0.29) is 4.75 Å². The summed E-state index contributed by atoms with van der Waals surface area (Å²) in [5.74, 6) is 0.753. The van der Waals surface area contributed by atoms with Gasteiger partial charge >= 0.3 is 0 Å². The maximum absolute atomic E-state index is 11.7. The predicted molar refractivity (Wildman–Crippen MR) is 64.1 cm³/mol. The van der Waals surface area contributed by atoms with Gasteiger partial charge in [-0.1, -0.05) is 0 Å². The first-order valence-corrected chi connectivity index (χ1v) is 6.88. The van der Waals surface area contributed by atoms with E-state index in [1.54, 1.807) is 0 Å². The molecule has 1 atom stereocenters. The molecule has 1 fully saturated rings. The number of hydrogen-bond donors (Lipinski definition) is 1. The van der Waals surface area contributed by atoms with Gasteiger partial charge < -0.3 is 9.29 Å². The van der Waals surface area contributed by atoms with Gasteiger partial charge in [-0.2, -0.15) is 0 Å². The lowest BCUT2D eigenvalue weighted by Gasteiger charge is -2.25. The summed E-state index contributed by atoms with van der Waals surface area (Å²) in [7, 11) is 0. The second kappa shape index (κ2) is 6.09. The monoisotopic (exact) mass is 233 g/mol. The van der Waals surface area contributed by atoms with Crippen LogP contribution in [0.3, 0.4) is 0 Å². The largest absolute Gasteiger partial charge is 0.598 e. The standard InChI is InChI=1S/C11H23NO2S/c1-11(2,3)15(13)12-7-4-10-5-8-14-9-6-10/h10,12H,4-9H2,1-3H3. The van der Waals surface area contributed by atoms with E-state index in [2.05, 4.69) is 4.72 Å². The molecule has 1 rings (SSSR count). The second-order valence-corrected chi connectivity index (χ2v) is 7.17. The first kappa shape index (κ1) is 13.3. The molecule has 4 heteroatoms. The normalized spacial score (nSPS) is 21.6. The Bertz CT molecular complexity index is 176. The molecule has 1 saturated heterocycles. The Labute approximate surface area is 96.3 Å². The van der Waals surface area contributed by atoms with E-state index < -0.39 is 11.4 Å². The van der Waals surface area contributed by atoms with Crippen LogP contribution in [-0.2, 0) is 16.1 Å². The molecule has 1 heterocycles. The van der Waals surface area contributed by atoms with Gasteiger partial charge in [-0.25, -0.2) is 0 Å². The molecule has 1 N–H and O–H groups in total. The van der Waals surface area contributed by atoms with Crippen LogP contribution < -0.4 is 4.72 Å². The summed E-state index contributed by atoms with van der Waals surface area (Å²) in [6, 6.07) is 0. The van der Waals surface area contributed by atoms with Gasteiger partial charge in [0.05, 0.1) is 0 Å². The third kappa shape index (κ3) is 5.20. The van der Waals surface area contributed by atoms with Crippen LogP contribution in [0, 0.1) is 5.92 Å². The van der Waals surface area contributed by atoms with Gasteiger partial charge in [0.1, 0.15) is 4.75 Å². The smallest absolute Gasteiger partial charge is 0.136 e. The van der Waals surface area contributed by atoms with E-state index in [1.807, 2.05) is 20.8 Å². The van der Waals surface area contributed by atoms with Gasteiger partial charge in [0.15, 0.2) is 0 Å². The molecule has 0 saturated carbocycles. The number of hydrogen-bond acceptors (Lipinski definition) is 3. The summed E-state index contributed by atoms with van der Waals surface area (Å²) in [6.45, 7) is 8.62. The SMILES string of the molecule is CC(C)(C)[S+]([O-])NCCC1CCOCC1. The summed E-state index contributed by atoms with van der Waals surface area (Å²) < 4.78 is 19.9. The van der Waals surface area contributed by atoms with E-state index in [4.69, 9.17) is 4.74 Å². The minimum atomic E-state index is -0.923. The molecule has 0 radical (unpaired) electrons. The molecule has 0 amide bonds. The van der Waals surface area contributed by atoms with E-state index in [0.717, 1.165) is 44.9 Å². The molecule has 0 spiro atoms. The molecule has 0 aliphatic carbocycles. The zero-order valence-corrected chi connectivity index (χ0v) is 10.9. The van der Waals surface area contributed by atoms with Gasteiger partial charge in [-0.3, -0.25) is 0 Å². The second-order valence-electron chi connectivity index (χ2n) is 5.12.